The summed E-state index contributed by atoms with van der Waals surface area (Å²) in [6, 6.07) is 11.2. The lowest BCUT2D eigenvalue weighted by molar-refractivity contribution is 0.0730. The Balaban J connectivity index is 1.32. The van der Waals surface area contributed by atoms with Crippen LogP contribution >= 0.6 is 0 Å². The Morgan fingerprint density at radius 3 is 2.79 bits per heavy atom. The molecule has 10 nitrogen and oxygen atoms in total. The van der Waals surface area contributed by atoms with Crippen LogP contribution in [0.4, 0.5) is 21.8 Å². The number of amides is 1. The van der Waals surface area contributed by atoms with Crippen molar-refractivity contribution in [2.75, 3.05) is 37.2 Å². The van der Waals surface area contributed by atoms with E-state index in [1.165, 1.54) is 18.2 Å². The van der Waals surface area contributed by atoms with Crippen molar-refractivity contribution in [3.8, 4) is 11.5 Å². The number of rotatable bonds is 5. The summed E-state index contributed by atoms with van der Waals surface area (Å²) in [5.41, 5.74) is 7.27. The molecule has 5 N–H and O–H groups in total. The summed E-state index contributed by atoms with van der Waals surface area (Å²) in [6.45, 7) is 2.62. The molecule has 0 saturated carbocycles. The molecule has 0 spiro atoms. The lowest BCUT2D eigenvalue weighted by Crippen LogP contribution is -2.46. The number of aromatic amines is 1. The van der Waals surface area contributed by atoms with E-state index in [0.29, 0.717) is 30.3 Å². The van der Waals surface area contributed by atoms with Crippen LogP contribution in [-0.4, -0.2) is 57.2 Å². The average molecular weight is 448 g/mol. The Labute approximate surface area is 188 Å². The third kappa shape index (κ3) is 4.53. The number of carbonyl (C=O) groups excluding carboxylic acids is 1. The van der Waals surface area contributed by atoms with E-state index in [0.717, 1.165) is 24.0 Å². The van der Waals surface area contributed by atoms with Gasteiger partial charge in [0.05, 0.1) is 11.7 Å². The van der Waals surface area contributed by atoms with E-state index >= 15 is 0 Å². The number of nitrogens with zero attached hydrogens (tertiary/aromatic N) is 4. The molecule has 3 heterocycles. The van der Waals surface area contributed by atoms with Gasteiger partial charge >= 0.3 is 0 Å². The molecule has 2 aromatic carbocycles. The zero-order valence-corrected chi connectivity index (χ0v) is 17.5. The second kappa shape index (κ2) is 8.71. The Bertz CT molecular complexity index is 1320. The maximum Gasteiger partial charge on any atom is 0.272 e. The molecule has 1 aliphatic rings. The van der Waals surface area contributed by atoms with Gasteiger partial charge in [0.2, 0.25) is 5.95 Å². The first-order valence-electron chi connectivity index (χ1n) is 10.4. The molecule has 5 rings (SSSR count). The molecule has 0 unspecified atom stereocenters. The molecule has 11 heteroatoms. The summed E-state index contributed by atoms with van der Waals surface area (Å²) >= 11 is 0. The summed E-state index contributed by atoms with van der Waals surface area (Å²) in [5, 5.41) is 13.8. The maximum atomic E-state index is 14.7. The monoisotopic (exact) mass is 448 g/mol. The van der Waals surface area contributed by atoms with Crippen LogP contribution < -0.4 is 21.1 Å². The van der Waals surface area contributed by atoms with Gasteiger partial charge in [0.1, 0.15) is 17.3 Å². The van der Waals surface area contributed by atoms with E-state index < -0.39 is 5.82 Å². The summed E-state index contributed by atoms with van der Waals surface area (Å²) in [5.74, 6) is 0.0148. The predicted molar refractivity (Wildman–Crippen MR) is 121 cm³/mol. The van der Waals surface area contributed by atoms with E-state index in [-0.39, 0.29) is 23.3 Å². The van der Waals surface area contributed by atoms with Crippen molar-refractivity contribution in [1.29, 1.82) is 0 Å². The van der Waals surface area contributed by atoms with Crippen LogP contribution in [0.15, 0.2) is 48.7 Å². The van der Waals surface area contributed by atoms with Crippen LogP contribution in [0.25, 0.3) is 10.9 Å². The van der Waals surface area contributed by atoms with Crippen LogP contribution in [0.5, 0.6) is 11.5 Å². The molecule has 2 aromatic heterocycles. The van der Waals surface area contributed by atoms with Gasteiger partial charge in [-0.25, -0.2) is 9.37 Å². The maximum absolute atomic E-state index is 14.7. The quantitative estimate of drug-likeness (QED) is 0.366. The average Bonchev–Trinajstić information content (AvgIpc) is 3.28. The van der Waals surface area contributed by atoms with Crippen LogP contribution in [0, 0.1) is 5.82 Å². The number of nitrogens with one attached hydrogen (secondary N) is 3. The summed E-state index contributed by atoms with van der Waals surface area (Å²) in [6.07, 6.45) is 1.67. The number of halogens is 1. The number of aromatic nitrogens is 4. The zero-order valence-electron chi connectivity index (χ0n) is 17.5. The molecule has 1 amide bonds. The number of ether oxygens (including phenoxy) is 1. The second-order valence-electron chi connectivity index (χ2n) is 7.53. The molecule has 0 aliphatic carbocycles. The highest BCUT2D eigenvalue weighted by Crippen LogP contribution is 2.29. The fourth-order valence-electron chi connectivity index (χ4n) is 3.59. The molecule has 33 heavy (non-hydrogen) atoms. The minimum atomic E-state index is -0.563. The van der Waals surface area contributed by atoms with Crippen LogP contribution in [-0.2, 0) is 0 Å². The third-order valence-electron chi connectivity index (χ3n) is 5.21. The van der Waals surface area contributed by atoms with Crippen molar-refractivity contribution in [2.45, 2.75) is 0 Å². The molecule has 1 aliphatic heterocycles. The number of anilines is 3. The molecular weight excluding hydrogens is 427 g/mol. The lowest BCUT2D eigenvalue weighted by Gasteiger charge is -2.27. The van der Waals surface area contributed by atoms with Gasteiger partial charge in [-0.2, -0.15) is 10.1 Å². The largest absolute Gasteiger partial charge is 0.454 e. The van der Waals surface area contributed by atoms with E-state index in [4.69, 9.17) is 10.5 Å². The number of nitrogen functional groups attached to an aromatic ring is 1. The van der Waals surface area contributed by atoms with Crippen molar-refractivity contribution in [2.24, 2.45) is 0 Å². The first kappa shape index (κ1) is 20.6. The van der Waals surface area contributed by atoms with Gasteiger partial charge in [-0.3, -0.25) is 9.89 Å². The van der Waals surface area contributed by atoms with Crippen molar-refractivity contribution in [3.63, 3.8) is 0 Å². The van der Waals surface area contributed by atoms with Crippen LogP contribution in [0.2, 0.25) is 0 Å². The van der Waals surface area contributed by atoms with Crippen LogP contribution in [0.1, 0.15) is 10.5 Å². The minimum absolute atomic E-state index is 0.0476. The van der Waals surface area contributed by atoms with Gasteiger partial charge in [-0.05, 0) is 30.3 Å². The Morgan fingerprint density at radius 1 is 1.12 bits per heavy atom. The molecule has 1 fully saturated rings. The number of H-pyrrole nitrogens is 1. The summed E-state index contributed by atoms with van der Waals surface area (Å²) in [7, 11) is 0. The SMILES string of the molecule is Nc1nc(Nc2ccc(Oc3ccc4[nH]ncc4c3)c(F)c2)cc(C(=O)N2CCNCC2)n1. The van der Waals surface area contributed by atoms with Crippen molar-refractivity contribution >= 4 is 34.3 Å². The van der Waals surface area contributed by atoms with Crippen molar-refractivity contribution in [1.82, 2.24) is 30.4 Å². The molecule has 4 aromatic rings. The van der Waals surface area contributed by atoms with Crippen molar-refractivity contribution < 1.29 is 13.9 Å². The molecular formula is C22H21FN8O2. The topological polar surface area (TPSA) is 134 Å². The number of hydrogen-bond donors (Lipinski definition) is 4. The number of nitrogens with two attached hydrogens (primary N) is 1. The van der Waals surface area contributed by atoms with E-state index in [1.54, 1.807) is 29.3 Å². The van der Waals surface area contributed by atoms with Crippen LogP contribution in [0.3, 0.4) is 0 Å². The van der Waals surface area contributed by atoms with Gasteiger partial charge in [0.15, 0.2) is 11.6 Å². The first-order chi connectivity index (χ1) is 16.0. The van der Waals surface area contributed by atoms with Gasteiger partial charge in [-0.1, -0.05) is 0 Å². The first-order valence-corrected chi connectivity index (χ1v) is 10.4. The number of fused-ring (bicyclic) bond motifs is 1. The van der Waals surface area contributed by atoms with E-state index in [1.807, 2.05) is 6.07 Å². The highest BCUT2D eigenvalue weighted by molar-refractivity contribution is 5.93. The normalized spacial score (nSPS) is 13.8. The molecule has 1 saturated heterocycles. The summed E-state index contributed by atoms with van der Waals surface area (Å²) in [4.78, 5) is 22.6. The van der Waals surface area contributed by atoms with Gasteiger partial charge < -0.3 is 26.0 Å². The summed E-state index contributed by atoms with van der Waals surface area (Å²) < 4.78 is 20.4. The molecule has 168 valence electrons. The fourth-order valence-corrected chi connectivity index (χ4v) is 3.59. The standard InChI is InChI=1S/C22H21FN8O2/c23-16-10-14(1-4-19(16)33-15-2-3-17-13(9-15)12-26-30-17)27-20-11-18(28-22(24)29-20)21(32)31-7-5-25-6-8-31/h1-4,9-12,25H,5-8H2,(H,26,30)(H3,24,27,28,29). The van der Waals surface area contributed by atoms with Gasteiger partial charge in [0, 0.05) is 49.4 Å². The van der Waals surface area contributed by atoms with Gasteiger partial charge in [-0.15, -0.1) is 0 Å². The molecule has 0 atom stereocenters. The number of hydrogen-bond acceptors (Lipinski definition) is 8. The number of carbonyl (C=O) groups is 1. The number of piperazine rings is 1. The molecule has 0 bridgehead atoms. The van der Waals surface area contributed by atoms with E-state index in [9.17, 15) is 9.18 Å². The zero-order chi connectivity index (χ0) is 22.8. The Morgan fingerprint density at radius 2 is 1.97 bits per heavy atom. The van der Waals surface area contributed by atoms with E-state index in [2.05, 4.69) is 30.8 Å². The highest BCUT2D eigenvalue weighted by atomic mass is 19.1. The number of benzene rings is 2. The smallest absolute Gasteiger partial charge is 0.272 e. The van der Waals surface area contributed by atoms with Crippen molar-refractivity contribution in [3.05, 3.63) is 60.2 Å². The predicted octanol–water partition coefficient (Wildman–Crippen LogP) is 2.66. The highest BCUT2D eigenvalue weighted by Gasteiger charge is 2.20. The second-order valence-corrected chi connectivity index (χ2v) is 7.53. The Kier molecular flexibility index (Phi) is 5.45. The lowest BCUT2D eigenvalue weighted by atomic mass is 10.2. The minimum Gasteiger partial charge on any atom is -0.454 e. The third-order valence-corrected chi connectivity index (χ3v) is 5.21. The fraction of sp³-hybridized carbons (Fsp3) is 0.182. The van der Waals surface area contributed by atoms with Gasteiger partial charge in [0.25, 0.3) is 5.91 Å². The molecule has 0 radical (unpaired) electrons. The Hall–Kier alpha value is -4.25.